The largest absolute Gasteiger partial charge is 0.229 e. The number of hydrogen-bond donors (Lipinski definition) is 1. The molecule has 15 heavy (non-hydrogen) atoms. The molecule has 1 atom stereocenters. The van der Waals surface area contributed by atoms with Gasteiger partial charge in [-0.05, 0) is 12.8 Å². The zero-order chi connectivity index (χ0) is 11.5. The molecular weight excluding hydrogens is 238 g/mol. The molecule has 1 aliphatic heterocycles. The number of rotatable bonds is 5. The first-order valence-electron chi connectivity index (χ1n) is 5.06. The maximum absolute atomic E-state index is 11.6. The Morgan fingerprint density at radius 1 is 1.40 bits per heavy atom. The van der Waals surface area contributed by atoms with Gasteiger partial charge in [-0.25, -0.2) is 21.6 Å². The molecule has 1 heterocycles. The van der Waals surface area contributed by atoms with Gasteiger partial charge in [0, 0.05) is 6.54 Å². The van der Waals surface area contributed by atoms with E-state index in [1.54, 1.807) is 0 Å². The molecule has 0 aromatic carbocycles. The van der Waals surface area contributed by atoms with Crippen molar-refractivity contribution in [1.82, 2.24) is 4.72 Å². The molecule has 0 aromatic heterocycles. The molecule has 90 valence electrons. The lowest BCUT2D eigenvalue weighted by molar-refractivity contribution is 0.565. The van der Waals surface area contributed by atoms with Gasteiger partial charge in [-0.15, -0.1) is 0 Å². The molecule has 0 radical (unpaired) electrons. The van der Waals surface area contributed by atoms with E-state index < -0.39 is 25.1 Å². The van der Waals surface area contributed by atoms with E-state index in [9.17, 15) is 16.8 Å². The molecule has 1 saturated heterocycles. The normalized spacial score (nSPS) is 25.5. The second-order valence-electron chi connectivity index (χ2n) is 3.82. The Morgan fingerprint density at radius 3 is 2.53 bits per heavy atom. The van der Waals surface area contributed by atoms with Gasteiger partial charge in [0.1, 0.15) is 0 Å². The van der Waals surface area contributed by atoms with E-state index in [2.05, 4.69) is 4.72 Å². The molecule has 0 unspecified atom stereocenters. The Morgan fingerprint density at radius 2 is 2.07 bits per heavy atom. The number of nitrogens with one attached hydrogen (secondary N) is 1. The Labute approximate surface area is 91.2 Å². The molecule has 0 amide bonds. The minimum atomic E-state index is -3.43. The van der Waals surface area contributed by atoms with Crippen LogP contribution in [0.2, 0.25) is 0 Å². The van der Waals surface area contributed by atoms with Crippen molar-refractivity contribution >= 4 is 19.9 Å². The fraction of sp³-hybridized carbons (Fsp3) is 1.00. The molecule has 0 bridgehead atoms. The van der Waals surface area contributed by atoms with E-state index in [-0.39, 0.29) is 17.9 Å². The standard InChI is InChI=1S/C8H17NO4S2/c1-2-3-5-9-15(12,13)8-4-6-14(10,11)7-8/h8-9H,2-7H2,1H3/t8-/m0/s1. The fourth-order valence-electron chi connectivity index (χ4n) is 1.51. The average Bonchev–Trinajstić information content (AvgIpc) is 2.47. The van der Waals surface area contributed by atoms with Gasteiger partial charge in [0.15, 0.2) is 9.84 Å². The molecule has 0 aromatic rings. The summed E-state index contributed by atoms with van der Waals surface area (Å²) in [6.45, 7) is 2.36. The summed E-state index contributed by atoms with van der Waals surface area (Å²) in [6, 6.07) is 0. The average molecular weight is 255 g/mol. The van der Waals surface area contributed by atoms with Crippen LogP contribution in [0.25, 0.3) is 0 Å². The number of sulfonamides is 1. The van der Waals surface area contributed by atoms with Gasteiger partial charge >= 0.3 is 0 Å². The number of unbranched alkanes of at least 4 members (excludes halogenated alkanes) is 1. The van der Waals surface area contributed by atoms with Crippen LogP contribution in [0.5, 0.6) is 0 Å². The van der Waals surface area contributed by atoms with Crippen LogP contribution in [0.1, 0.15) is 26.2 Å². The van der Waals surface area contributed by atoms with Crippen LogP contribution in [0.4, 0.5) is 0 Å². The van der Waals surface area contributed by atoms with Gasteiger partial charge in [-0.3, -0.25) is 0 Å². The first kappa shape index (κ1) is 12.9. The molecule has 1 fully saturated rings. The van der Waals surface area contributed by atoms with Gasteiger partial charge in [-0.1, -0.05) is 13.3 Å². The van der Waals surface area contributed by atoms with Crippen LogP contribution < -0.4 is 4.72 Å². The summed E-state index contributed by atoms with van der Waals surface area (Å²) < 4.78 is 47.9. The van der Waals surface area contributed by atoms with E-state index in [0.29, 0.717) is 6.54 Å². The predicted octanol–water partition coefficient (Wildman–Crippen LogP) is -0.107. The highest BCUT2D eigenvalue weighted by Crippen LogP contribution is 2.17. The summed E-state index contributed by atoms with van der Waals surface area (Å²) in [4.78, 5) is 0. The number of hydrogen-bond acceptors (Lipinski definition) is 4. The van der Waals surface area contributed by atoms with Gasteiger partial charge in [0.25, 0.3) is 0 Å². The third kappa shape index (κ3) is 3.73. The predicted molar refractivity (Wildman–Crippen MR) is 58.9 cm³/mol. The summed E-state index contributed by atoms with van der Waals surface area (Å²) in [6.07, 6.45) is 1.91. The summed E-state index contributed by atoms with van der Waals surface area (Å²) >= 11 is 0. The van der Waals surface area contributed by atoms with Crippen molar-refractivity contribution in [3.63, 3.8) is 0 Å². The quantitative estimate of drug-likeness (QED) is 0.695. The third-order valence-electron chi connectivity index (χ3n) is 2.46. The lowest BCUT2D eigenvalue weighted by Gasteiger charge is -2.10. The van der Waals surface area contributed by atoms with Crippen molar-refractivity contribution in [1.29, 1.82) is 0 Å². The summed E-state index contributed by atoms with van der Waals surface area (Å²) in [5, 5.41) is -0.751. The highest BCUT2D eigenvalue weighted by atomic mass is 32.2. The van der Waals surface area contributed by atoms with Crippen molar-refractivity contribution in [2.24, 2.45) is 0 Å². The highest BCUT2D eigenvalue weighted by Gasteiger charge is 2.36. The van der Waals surface area contributed by atoms with Crippen LogP contribution in [0, 0.1) is 0 Å². The summed E-state index contributed by atoms with van der Waals surface area (Å²) in [5.74, 6) is -0.235. The smallest absolute Gasteiger partial charge is 0.215 e. The molecular formula is C8H17NO4S2. The maximum atomic E-state index is 11.6. The van der Waals surface area contributed by atoms with Crippen molar-refractivity contribution in [3.05, 3.63) is 0 Å². The summed E-state index contributed by atoms with van der Waals surface area (Å²) in [5.41, 5.74) is 0. The summed E-state index contributed by atoms with van der Waals surface area (Å²) in [7, 11) is -6.56. The molecule has 5 nitrogen and oxygen atoms in total. The van der Waals surface area contributed by atoms with Crippen LogP contribution in [0.15, 0.2) is 0 Å². The Balaban J connectivity index is 2.56. The van der Waals surface area contributed by atoms with Crippen molar-refractivity contribution in [2.45, 2.75) is 31.4 Å². The molecule has 0 aliphatic carbocycles. The van der Waals surface area contributed by atoms with Crippen LogP contribution in [-0.2, 0) is 19.9 Å². The highest BCUT2D eigenvalue weighted by molar-refractivity contribution is 7.95. The van der Waals surface area contributed by atoms with Crippen LogP contribution in [-0.4, -0.2) is 40.1 Å². The van der Waals surface area contributed by atoms with Gasteiger partial charge in [0.2, 0.25) is 10.0 Å². The second-order valence-corrected chi connectivity index (χ2v) is 8.09. The molecule has 0 saturated carbocycles. The topological polar surface area (TPSA) is 80.3 Å². The van der Waals surface area contributed by atoms with Gasteiger partial charge < -0.3 is 0 Å². The lowest BCUT2D eigenvalue weighted by Crippen LogP contribution is -2.35. The van der Waals surface area contributed by atoms with Crippen molar-refractivity contribution in [2.75, 3.05) is 18.1 Å². The first-order chi connectivity index (χ1) is 6.87. The molecule has 0 spiro atoms. The van der Waals surface area contributed by atoms with Crippen molar-refractivity contribution < 1.29 is 16.8 Å². The van der Waals surface area contributed by atoms with Crippen molar-refractivity contribution in [3.8, 4) is 0 Å². The third-order valence-corrected chi connectivity index (χ3v) is 6.33. The fourth-order valence-corrected chi connectivity index (χ4v) is 5.64. The van der Waals surface area contributed by atoms with Gasteiger partial charge in [0.05, 0.1) is 16.8 Å². The van der Waals surface area contributed by atoms with Crippen LogP contribution >= 0.6 is 0 Å². The van der Waals surface area contributed by atoms with E-state index in [0.717, 1.165) is 12.8 Å². The Kier molecular flexibility index (Phi) is 4.13. The van der Waals surface area contributed by atoms with E-state index in [1.807, 2.05) is 6.92 Å². The maximum Gasteiger partial charge on any atom is 0.215 e. The molecule has 1 aliphatic rings. The minimum absolute atomic E-state index is 0.00758. The van der Waals surface area contributed by atoms with E-state index in [4.69, 9.17) is 0 Å². The zero-order valence-corrected chi connectivity index (χ0v) is 10.4. The van der Waals surface area contributed by atoms with Gasteiger partial charge in [-0.2, -0.15) is 0 Å². The minimum Gasteiger partial charge on any atom is -0.229 e. The number of sulfone groups is 1. The van der Waals surface area contributed by atoms with Crippen LogP contribution in [0.3, 0.4) is 0 Å². The SMILES string of the molecule is CCCCNS(=O)(=O)[C@H]1CCS(=O)(=O)C1. The van der Waals surface area contributed by atoms with E-state index >= 15 is 0 Å². The Hall–Kier alpha value is -0.140. The second kappa shape index (κ2) is 4.80. The monoisotopic (exact) mass is 255 g/mol. The molecule has 1 rings (SSSR count). The molecule has 7 heteroatoms. The Bertz CT molecular complexity index is 398. The van der Waals surface area contributed by atoms with E-state index in [1.165, 1.54) is 0 Å². The first-order valence-corrected chi connectivity index (χ1v) is 8.43. The zero-order valence-electron chi connectivity index (χ0n) is 8.77. The molecule has 1 N–H and O–H groups in total. The lowest BCUT2D eigenvalue weighted by atomic mass is 10.3.